The summed E-state index contributed by atoms with van der Waals surface area (Å²) < 4.78 is 5.34. The zero-order valence-corrected chi connectivity index (χ0v) is 12.2. The predicted octanol–water partition coefficient (Wildman–Crippen LogP) is 4.39. The number of hydrogen-bond acceptors (Lipinski definition) is 2. The zero-order chi connectivity index (χ0) is 13.4. The molecule has 102 valence electrons. The number of ether oxygens (including phenoxy) is 1. The normalized spacial score (nSPS) is 14.4. The van der Waals surface area contributed by atoms with Gasteiger partial charge in [0.25, 0.3) is 0 Å². The van der Waals surface area contributed by atoms with Crippen LogP contribution in [-0.4, -0.2) is 6.61 Å². The summed E-state index contributed by atoms with van der Waals surface area (Å²) in [5, 5.41) is 0.693. The van der Waals surface area contributed by atoms with Crippen molar-refractivity contribution in [3.8, 4) is 5.75 Å². The Bertz CT molecular complexity index is 348. The van der Waals surface area contributed by atoms with Gasteiger partial charge in [-0.1, -0.05) is 44.2 Å². The Kier molecular flexibility index (Phi) is 7.14. The zero-order valence-electron chi connectivity index (χ0n) is 11.4. The summed E-state index contributed by atoms with van der Waals surface area (Å²) in [4.78, 5) is 0. The maximum atomic E-state index is 5.78. The SMILES string of the molecule is CCC1CCC1.CCOc1ccc(Cl)cc1CN. The molecule has 1 aromatic carbocycles. The van der Waals surface area contributed by atoms with Gasteiger partial charge in [-0.25, -0.2) is 0 Å². The van der Waals surface area contributed by atoms with Gasteiger partial charge >= 0.3 is 0 Å². The summed E-state index contributed by atoms with van der Waals surface area (Å²) in [6, 6.07) is 5.46. The lowest BCUT2D eigenvalue weighted by atomic mass is 9.84. The Morgan fingerprint density at radius 3 is 2.44 bits per heavy atom. The second-order valence-corrected chi connectivity index (χ2v) is 5.03. The van der Waals surface area contributed by atoms with Crippen molar-refractivity contribution in [3.63, 3.8) is 0 Å². The minimum Gasteiger partial charge on any atom is -0.494 e. The van der Waals surface area contributed by atoms with E-state index in [9.17, 15) is 0 Å². The number of benzene rings is 1. The smallest absolute Gasteiger partial charge is 0.123 e. The second-order valence-electron chi connectivity index (χ2n) is 4.59. The van der Waals surface area contributed by atoms with E-state index in [0.717, 1.165) is 17.2 Å². The largest absolute Gasteiger partial charge is 0.494 e. The molecule has 18 heavy (non-hydrogen) atoms. The molecule has 0 atom stereocenters. The van der Waals surface area contributed by atoms with Gasteiger partial charge in [-0.15, -0.1) is 0 Å². The molecule has 0 unspecified atom stereocenters. The fourth-order valence-electron chi connectivity index (χ4n) is 1.90. The summed E-state index contributed by atoms with van der Waals surface area (Å²) in [6.45, 7) is 5.32. The van der Waals surface area contributed by atoms with Crippen molar-refractivity contribution in [3.05, 3.63) is 28.8 Å². The quantitative estimate of drug-likeness (QED) is 0.880. The third-order valence-electron chi connectivity index (χ3n) is 3.34. The maximum absolute atomic E-state index is 5.78. The van der Waals surface area contributed by atoms with Gasteiger partial charge in [0, 0.05) is 17.1 Å². The summed E-state index contributed by atoms with van der Waals surface area (Å²) in [5.74, 6) is 1.94. The van der Waals surface area contributed by atoms with Crippen LogP contribution in [0, 0.1) is 5.92 Å². The molecule has 0 aliphatic heterocycles. The van der Waals surface area contributed by atoms with Crippen LogP contribution >= 0.6 is 11.6 Å². The van der Waals surface area contributed by atoms with Gasteiger partial charge in [-0.2, -0.15) is 0 Å². The minimum absolute atomic E-state index is 0.454. The lowest BCUT2D eigenvalue weighted by molar-refractivity contribution is 0.307. The minimum atomic E-state index is 0.454. The van der Waals surface area contributed by atoms with Crippen LogP contribution in [0.15, 0.2) is 18.2 Å². The van der Waals surface area contributed by atoms with Gasteiger partial charge < -0.3 is 10.5 Å². The van der Waals surface area contributed by atoms with E-state index in [4.69, 9.17) is 22.1 Å². The number of nitrogens with two attached hydrogens (primary N) is 1. The highest BCUT2D eigenvalue weighted by molar-refractivity contribution is 6.30. The Morgan fingerprint density at radius 1 is 1.33 bits per heavy atom. The first-order chi connectivity index (χ1) is 8.71. The Hall–Kier alpha value is -0.730. The van der Waals surface area contributed by atoms with Crippen LogP contribution in [0.5, 0.6) is 5.75 Å². The average molecular weight is 270 g/mol. The van der Waals surface area contributed by atoms with Crippen LogP contribution in [0.25, 0.3) is 0 Å². The number of hydrogen-bond donors (Lipinski definition) is 1. The van der Waals surface area contributed by atoms with Crippen LogP contribution in [-0.2, 0) is 6.54 Å². The Balaban J connectivity index is 0.000000225. The maximum Gasteiger partial charge on any atom is 0.123 e. The first-order valence-electron chi connectivity index (χ1n) is 6.82. The van der Waals surface area contributed by atoms with Crippen LogP contribution in [0.2, 0.25) is 5.02 Å². The highest BCUT2D eigenvalue weighted by Crippen LogP contribution is 2.28. The molecule has 1 aliphatic rings. The lowest BCUT2D eigenvalue weighted by Gasteiger charge is -2.22. The van der Waals surface area contributed by atoms with Crippen molar-refractivity contribution in [2.45, 2.75) is 46.1 Å². The van der Waals surface area contributed by atoms with Crippen molar-refractivity contribution < 1.29 is 4.74 Å². The topological polar surface area (TPSA) is 35.2 Å². The molecule has 0 spiro atoms. The van der Waals surface area contributed by atoms with Crippen molar-refractivity contribution in [2.75, 3.05) is 6.61 Å². The summed E-state index contributed by atoms with van der Waals surface area (Å²) in [5.41, 5.74) is 6.46. The van der Waals surface area contributed by atoms with E-state index in [0.29, 0.717) is 18.2 Å². The molecule has 3 heteroatoms. The van der Waals surface area contributed by atoms with E-state index >= 15 is 0 Å². The molecule has 0 saturated heterocycles. The van der Waals surface area contributed by atoms with Crippen molar-refractivity contribution in [1.82, 2.24) is 0 Å². The Labute approximate surface area is 115 Å². The van der Waals surface area contributed by atoms with E-state index < -0.39 is 0 Å². The van der Waals surface area contributed by atoms with Crippen LogP contribution in [0.4, 0.5) is 0 Å². The summed E-state index contributed by atoms with van der Waals surface area (Å²) >= 11 is 5.78. The Morgan fingerprint density at radius 2 is 2.06 bits per heavy atom. The third kappa shape index (κ3) is 4.87. The molecule has 0 amide bonds. The average Bonchev–Trinajstić information content (AvgIpc) is 2.31. The highest BCUT2D eigenvalue weighted by Gasteiger charge is 2.13. The lowest BCUT2D eigenvalue weighted by Crippen LogP contribution is -2.08. The van der Waals surface area contributed by atoms with Crippen molar-refractivity contribution in [2.24, 2.45) is 11.7 Å². The highest BCUT2D eigenvalue weighted by atomic mass is 35.5. The van der Waals surface area contributed by atoms with Gasteiger partial charge in [-0.05, 0) is 31.0 Å². The molecule has 0 heterocycles. The van der Waals surface area contributed by atoms with Gasteiger partial charge in [-0.3, -0.25) is 0 Å². The van der Waals surface area contributed by atoms with E-state index in [1.807, 2.05) is 19.1 Å². The molecule has 2 nitrogen and oxygen atoms in total. The number of rotatable bonds is 4. The molecular formula is C15H24ClNO. The van der Waals surface area contributed by atoms with Crippen molar-refractivity contribution in [1.29, 1.82) is 0 Å². The standard InChI is InChI=1S/C9H12ClNO.C6H12/c1-2-12-9-4-3-8(10)5-7(9)6-11;1-2-6-4-3-5-6/h3-5H,2,6,11H2,1H3;6H,2-5H2,1H3. The molecule has 0 bridgehead atoms. The monoisotopic (exact) mass is 269 g/mol. The third-order valence-corrected chi connectivity index (χ3v) is 3.58. The van der Waals surface area contributed by atoms with Gasteiger partial charge in [0.2, 0.25) is 0 Å². The second kappa shape index (κ2) is 8.39. The first-order valence-corrected chi connectivity index (χ1v) is 7.20. The van der Waals surface area contributed by atoms with E-state index in [-0.39, 0.29) is 0 Å². The molecule has 1 saturated carbocycles. The molecule has 1 aromatic rings. The molecule has 1 aliphatic carbocycles. The fourth-order valence-corrected chi connectivity index (χ4v) is 2.10. The first kappa shape index (κ1) is 15.3. The van der Waals surface area contributed by atoms with E-state index in [2.05, 4.69) is 6.92 Å². The molecule has 0 aromatic heterocycles. The van der Waals surface area contributed by atoms with Crippen molar-refractivity contribution >= 4 is 11.6 Å². The fraction of sp³-hybridized carbons (Fsp3) is 0.600. The molecule has 2 N–H and O–H groups in total. The predicted molar refractivity (Wildman–Crippen MR) is 78.1 cm³/mol. The van der Waals surface area contributed by atoms with Crippen LogP contribution < -0.4 is 10.5 Å². The molecule has 0 radical (unpaired) electrons. The van der Waals surface area contributed by atoms with Gasteiger partial charge in [0.1, 0.15) is 5.75 Å². The summed E-state index contributed by atoms with van der Waals surface area (Å²) in [6.07, 6.45) is 5.94. The van der Waals surface area contributed by atoms with E-state index in [1.165, 1.54) is 25.7 Å². The van der Waals surface area contributed by atoms with Gasteiger partial charge in [0.15, 0.2) is 0 Å². The molecule has 2 rings (SSSR count). The molecular weight excluding hydrogens is 246 g/mol. The number of halogens is 1. The van der Waals surface area contributed by atoms with Crippen LogP contribution in [0.1, 0.15) is 45.1 Å². The van der Waals surface area contributed by atoms with Crippen LogP contribution in [0.3, 0.4) is 0 Å². The van der Waals surface area contributed by atoms with E-state index in [1.54, 1.807) is 6.07 Å². The molecule has 1 fully saturated rings. The van der Waals surface area contributed by atoms with Gasteiger partial charge in [0.05, 0.1) is 6.61 Å². The summed E-state index contributed by atoms with van der Waals surface area (Å²) in [7, 11) is 0.